The fourth-order valence-corrected chi connectivity index (χ4v) is 2.43. The molecule has 0 bridgehead atoms. The van der Waals surface area contributed by atoms with E-state index in [-0.39, 0.29) is 17.6 Å². The standard InChI is InChI=1S/C21H26FN3O2/c1-21(2,19(26)23-14-13-15-5-7-16(22)8-6-15)20(27)24-17-9-11-18(12-10-17)25(3)4/h5-12H,13-14H2,1-4H3,(H,23,26)(H,24,27). The molecule has 2 aromatic carbocycles. The van der Waals surface area contributed by atoms with E-state index in [1.165, 1.54) is 12.1 Å². The molecule has 0 saturated heterocycles. The summed E-state index contributed by atoms with van der Waals surface area (Å²) in [5.74, 6) is -1.02. The van der Waals surface area contributed by atoms with Crippen molar-refractivity contribution in [3.05, 3.63) is 59.9 Å². The number of halogens is 1. The number of hydrogen-bond acceptors (Lipinski definition) is 3. The van der Waals surface area contributed by atoms with Crippen LogP contribution >= 0.6 is 0 Å². The lowest BCUT2D eigenvalue weighted by Gasteiger charge is -2.23. The molecule has 144 valence electrons. The Balaban J connectivity index is 1.89. The molecule has 0 fully saturated rings. The Morgan fingerprint density at radius 3 is 2.11 bits per heavy atom. The normalized spacial score (nSPS) is 11.0. The minimum absolute atomic E-state index is 0.292. The van der Waals surface area contributed by atoms with Gasteiger partial charge in [0.25, 0.3) is 0 Å². The highest BCUT2D eigenvalue weighted by molar-refractivity contribution is 6.09. The lowest BCUT2D eigenvalue weighted by Crippen LogP contribution is -2.45. The van der Waals surface area contributed by atoms with E-state index in [1.54, 1.807) is 38.1 Å². The van der Waals surface area contributed by atoms with Crippen molar-refractivity contribution in [2.75, 3.05) is 30.9 Å². The molecular weight excluding hydrogens is 345 g/mol. The lowest BCUT2D eigenvalue weighted by molar-refractivity contribution is -0.138. The van der Waals surface area contributed by atoms with Gasteiger partial charge in [0.2, 0.25) is 11.8 Å². The first kappa shape index (κ1) is 20.4. The summed E-state index contributed by atoms with van der Waals surface area (Å²) >= 11 is 0. The molecule has 0 atom stereocenters. The van der Waals surface area contributed by atoms with Crippen molar-refractivity contribution < 1.29 is 14.0 Å². The smallest absolute Gasteiger partial charge is 0.239 e. The molecule has 0 aliphatic rings. The molecule has 0 aliphatic carbocycles. The van der Waals surface area contributed by atoms with Gasteiger partial charge in [-0.05, 0) is 62.2 Å². The molecule has 2 N–H and O–H groups in total. The second kappa shape index (κ2) is 8.66. The lowest BCUT2D eigenvalue weighted by atomic mass is 9.91. The molecule has 5 nitrogen and oxygen atoms in total. The van der Waals surface area contributed by atoms with Crippen LogP contribution in [-0.2, 0) is 16.0 Å². The molecule has 0 radical (unpaired) electrons. The first-order valence-electron chi connectivity index (χ1n) is 8.82. The van der Waals surface area contributed by atoms with E-state index < -0.39 is 5.41 Å². The molecule has 0 spiro atoms. The first-order chi connectivity index (χ1) is 12.7. The second-order valence-corrected chi connectivity index (χ2v) is 7.15. The maximum atomic E-state index is 12.9. The Labute approximate surface area is 159 Å². The summed E-state index contributed by atoms with van der Waals surface area (Å²) in [6.07, 6.45) is 0.565. The molecule has 0 heterocycles. The van der Waals surface area contributed by atoms with Crippen LogP contribution < -0.4 is 15.5 Å². The molecule has 27 heavy (non-hydrogen) atoms. The van der Waals surface area contributed by atoms with Crippen molar-refractivity contribution >= 4 is 23.2 Å². The van der Waals surface area contributed by atoms with Crippen molar-refractivity contribution in [1.82, 2.24) is 5.32 Å². The van der Waals surface area contributed by atoms with Gasteiger partial charge in [0.15, 0.2) is 0 Å². The van der Waals surface area contributed by atoms with Gasteiger partial charge in [0.05, 0.1) is 0 Å². The van der Waals surface area contributed by atoms with Gasteiger partial charge in [-0.15, -0.1) is 0 Å². The zero-order chi connectivity index (χ0) is 20.0. The van der Waals surface area contributed by atoms with Gasteiger partial charge in [-0.3, -0.25) is 9.59 Å². The largest absolute Gasteiger partial charge is 0.378 e. The van der Waals surface area contributed by atoms with Crippen LogP contribution in [0.25, 0.3) is 0 Å². The predicted octanol–water partition coefficient (Wildman–Crippen LogP) is 3.22. The highest BCUT2D eigenvalue weighted by Crippen LogP contribution is 2.21. The van der Waals surface area contributed by atoms with Crippen molar-refractivity contribution in [2.24, 2.45) is 5.41 Å². The highest BCUT2D eigenvalue weighted by atomic mass is 19.1. The van der Waals surface area contributed by atoms with Crippen molar-refractivity contribution in [3.8, 4) is 0 Å². The average molecular weight is 371 g/mol. The summed E-state index contributed by atoms with van der Waals surface area (Å²) in [5.41, 5.74) is 1.35. The molecule has 0 unspecified atom stereocenters. The SMILES string of the molecule is CN(C)c1ccc(NC(=O)C(C)(C)C(=O)NCCc2ccc(F)cc2)cc1. The number of carbonyl (C=O) groups excluding carboxylic acids is 2. The Kier molecular flexibility index (Phi) is 6.55. The Morgan fingerprint density at radius 2 is 1.56 bits per heavy atom. The van der Waals surface area contributed by atoms with Crippen LogP contribution in [0.5, 0.6) is 0 Å². The van der Waals surface area contributed by atoms with Crippen molar-refractivity contribution in [1.29, 1.82) is 0 Å². The number of amides is 2. The van der Waals surface area contributed by atoms with Crippen LogP contribution in [0.4, 0.5) is 15.8 Å². The van der Waals surface area contributed by atoms with Crippen LogP contribution in [0.2, 0.25) is 0 Å². The van der Waals surface area contributed by atoms with E-state index >= 15 is 0 Å². The minimum Gasteiger partial charge on any atom is -0.378 e. The molecule has 6 heteroatoms. The number of nitrogens with one attached hydrogen (secondary N) is 2. The van der Waals surface area contributed by atoms with E-state index in [9.17, 15) is 14.0 Å². The third kappa shape index (κ3) is 5.54. The van der Waals surface area contributed by atoms with Crippen LogP contribution in [0, 0.1) is 11.2 Å². The minimum atomic E-state index is -1.22. The number of nitrogens with zero attached hydrogens (tertiary/aromatic N) is 1. The molecular formula is C21H26FN3O2. The van der Waals surface area contributed by atoms with Crippen LogP contribution in [0.1, 0.15) is 19.4 Å². The zero-order valence-corrected chi connectivity index (χ0v) is 16.2. The van der Waals surface area contributed by atoms with Crippen LogP contribution in [-0.4, -0.2) is 32.5 Å². The van der Waals surface area contributed by atoms with E-state index in [1.807, 2.05) is 31.1 Å². The highest BCUT2D eigenvalue weighted by Gasteiger charge is 2.35. The van der Waals surface area contributed by atoms with E-state index in [2.05, 4.69) is 10.6 Å². The van der Waals surface area contributed by atoms with Crippen molar-refractivity contribution in [2.45, 2.75) is 20.3 Å². The third-order valence-corrected chi connectivity index (χ3v) is 4.39. The van der Waals surface area contributed by atoms with Gasteiger partial charge in [-0.25, -0.2) is 4.39 Å². The summed E-state index contributed by atoms with van der Waals surface area (Å²) in [5, 5.41) is 5.56. The number of anilines is 2. The number of hydrogen-bond donors (Lipinski definition) is 2. The maximum absolute atomic E-state index is 12.9. The zero-order valence-electron chi connectivity index (χ0n) is 16.2. The monoisotopic (exact) mass is 371 g/mol. The summed E-state index contributed by atoms with van der Waals surface area (Å²) < 4.78 is 12.9. The maximum Gasteiger partial charge on any atom is 0.239 e. The third-order valence-electron chi connectivity index (χ3n) is 4.39. The number of benzene rings is 2. The van der Waals surface area contributed by atoms with Gasteiger partial charge in [-0.1, -0.05) is 12.1 Å². The summed E-state index contributed by atoms with van der Waals surface area (Å²) in [7, 11) is 3.87. The van der Waals surface area contributed by atoms with Gasteiger partial charge >= 0.3 is 0 Å². The van der Waals surface area contributed by atoms with E-state index in [0.717, 1.165) is 11.3 Å². The fourth-order valence-electron chi connectivity index (χ4n) is 2.43. The number of rotatable bonds is 7. The van der Waals surface area contributed by atoms with Crippen LogP contribution in [0.15, 0.2) is 48.5 Å². The molecule has 2 rings (SSSR count). The summed E-state index contributed by atoms with van der Waals surface area (Å²) in [6, 6.07) is 13.5. The predicted molar refractivity (Wildman–Crippen MR) is 106 cm³/mol. The quantitative estimate of drug-likeness (QED) is 0.735. The molecule has 2 amide bonds. The summed E-state index contributed by atoms with van der Waals surface area (Å²) in [6.45, 7) is 3.55. The summed E-state index contributed by atoms with van der Waals surface area (Å²) in [4.78, 5) is 26.9. The molecule has 0 saturated carbocycles. The fraction of sp³-hybridized carbons (Fsp3) is 0.333. The second-order valence-electron chi connectivity index (χ2n) is 7.15. The van der Waals surface area contributed by atoms with Crippen molar-refractivity contribution in [3.63, 3.8) is 0 Å². The first-order valence-corrected chi connectivity index (χ1v) is 8.82. The molecule has 0 aromatic heterocycles. The Morgan fingerprint density at radius 1 is 0.963 bits per heavy atom. The van der Waals surface area contributed by atoms with E-state index in [4.69, 9.17) is 0 Å². The van der Waals surface area contributed by atoms with Crippen LogP contribution in [0.3, 0.4) is 0 Å². The van der Waals surface area contributed by atoms with Gasteiger partial charge in [0.1, 0.15) is 11.2 Å². The Hall–Kier alpha value is -2.89. The topological polar surface area (TPSA) is 61.4 Å². The van der Waals surface area contributed by atoms with Gasteiger partial charge in [-0.2, -0.15) is 0 Å². The van der Waals surface area contributed by atoms with E-state index in [0.29, 0.717) is 18.7 Å². The number of carbonyl (C=O) groups is 2. The molecule has 0 aliphatic heterocycles. The van der Waals surface area contributed by atoms with Gasteiger partial charge < -0.3 is 15.5 Å². The average Bonchev–Trinajstić information content (AvgIpc) is 2.63. The molecule has 2 aromatic rings. The Bertz CT molecular complexity index is 784. The van der Waals surface area contributed by atoms with Gasteiger partial charge in [0, 0.05) is 32.0 Å².